The molecule has 33 heavy (non-hydrogen) atoms. The third kappa shape index (κ3) is 13.7. The number of amides is 1. The maximum Gasteiger partial charge on any atom is 0.742 e. The van der Waals surface area contributed by atoms with Crippen LogP contribution in [0.5, 0.6) is 0 Å². The van der Waals surface area contributed by atoms with Gasteiger partial charge in [0.2, 0.25) is 5.91 Å². The summed E-state index contributed by atoms with van der Waals surface area (Å²) >= 11 is 0. The summed E-state index contributed by atoms with van der Waals surface area (Å²) in [6.45, 7) is 6.01. The van der Waals surface area contributed by atoms with E-state index in [1.165, 1.54) is 20.8 Å². The van der Waals surface area contributed by atoms with Crippen molar-refractivity contribution < 1.29 is 54.8 Å². The zero-order valence-electron chi connectivity index (χ0n) is 19.1. The summed E-state index contributed by atoms with van der Waals surface area (Å²) in [4.78, 5) is 43.7. The lowest BCUT2D eigenvalue weighted by atomic mass is 9.90. The van der Waals surface area contributed by atoms with Gasteiger partial charge in [0.15, 0.2) is 0 Å². The highest BCUT2D eigenvalue weighted by Gasteiger charge is 2.57. The first-order valence-electron chi connectivity index (χ1n) is 9.84. The van der Waals surface area contributed by atoms with Gasteiger partial charge in [-0.05, 0) is 11.0 Å². The van der Waals surface area contributed by atoms with E-state index in [4.69, 9.17) is 18.6 Å². The van der Waals surface area contributed by atoms with E-state index in [0.29, 0.717) is 0 Å². The van der Waals surface area contributed by atoms with Crippen molar-refractivity contribution in [2.24, 2.45) is 11.3 Å². The van der Waals surface area contributed by atoms with E-state index in [9.17, 15) is 31.9 Å². The molecule has 0 heterocycles. The predicted molar refractivity (Wildman–Crippen MR) is 116 cm³/mol. The highest BCUT2D eigenvalue weighted by molar-refractivity contribution is 7.86. The summed E-state index contributed by atoms with van der Waals surface area (Å²) in [5, 5.41) is 2.44. The minimum absolute atomic E-state index is 0.0747. The highest BCUT2D eigenvalue weighted by atomic mass is 32.2. The third-order valence-electron chi connectivity index (χ3n) is 3.92. The van der Waals surface area contributed by atoms with Crippen molar-refractivity contribution in [3.63, 3.8) is 0 Å². The second-order valence-electron chi connectivity index (χ2n) is 7.85. The van der Waals surface area contributed by atoms with Gasteiger partial charge in [0, 0.05) is 18.0 Å². The number of nitrogens with one attached hydrogen (secondary N) is 1. The summed E-state index contributed by atoms with van der Waals surface area (Å²) in [5.41, 5.74) is -3.15. The van der Waals surface area contributed by atoms with Gasteiger partial charge < -0.3 is 14.8 Å². The summed E-state index contributed by atoms with van der Waals surface area (Å²) in [6.07, 6.45) is 0.0747. The maximum atomic E-state index is 12.5. The zero-order chi connectivity index (χ0) is 25.8. The van der Waals surface area contributed by atoms with E-state index in [1.54, 1.807) is 13.8 Å². The first-order valence-corrected chi connectivity index (χ1v) is 13.8. The van der Waals surface area contributed by atoms with Crippen LogP contribution >= 0.6 is 16.3 Å². The fourth-order valence-electron chi connectivity index (χ4n) is 2.23. The lowest BCUT2D eigenvalue weighted by Crippen LogP contribution is -2.40. The standard InChI is InChI=1S/C17H29NO12P2S/c1-12(2)15(20)27-8-9-28-16(21)14(31(22)30-32(23)24)17(4,5)11-29-33(25,26)10-6-7-18-13(3)19/h12,14H,6-11H2,1-5H3/p+2/t14-/m0/s1. The Bertz CT molecular complexity index is 828. The fourth-order valence-corrected chi connectivity index (χ4v) is 5.15. The topological polar surface area (TPSA) is 189 Å². The van der Waals surface area contributed by atoms with E-state index in [0.717, 1.165) is 0 Å². The SMILES string of the molecule is CC(=O)NCCCS(=O)(=O)OCC(C)(C)[C@H](C(=O)OCCOC(=O)C(C)C)[P+](=O)O[P+](=O)O. The molecule has 0 aliphatic heterocycles. The molecular formula is C17H31NO12P2S+2. The molecule has 0 aliphatic rings. The molecule has 0 saturated carbocycles. The molecule has 0 spiro atoms. The highest BCUT2D eigenvalue weighted by Crippen LogP contribution is 2.47. The molecule has 13 nitrogen and oxygen atoms in total. The molecule has 2 unspecified atom stereocenters. The van der Waals surface area contributed by atoms with E-state index >= 15 is 0 Å². The molecule has 16 heteroatoms. The number of rotatable bonds is 16. The Morgan fingerprint density at radius 3 is 2.09 bits per heavy atom. The van der Waals surface area contributed by atoms with Crippen LogP contribution < -0.4 is 5.32 Å². The van der Waals surface area contributed by atoms with Gasteiger partial charge in [0.25, 0.3) is 15.8 Å². The number of hydrogen-bond acceptors (Lipinski definition) is 11. The Morgan fingerprint density at radius 1 is 1.06 bits per heavy atom. The van der Waals surface area contributed by atoms with Gasteiger partial charge in [-0.25, -0.2) is 4.79 Å². The Morgan fingerprint density at radius 2 is 1.61 bits per heavy atom. The second kappa shape index (κ2) is 14.6. The molecule has 0 fully saturated rings. The summed E-state index contributed by atoms with van der Waals surface area (Å²) in [5.74, 6) is -2.78. The number of carbonyl (C=O) groups is 3. The number of hydrogen-bond donors (Lipinski definition) is 2. The van der Waals surface area contributed by atoms with Gasteiger partial charge in [-0.1, -0.05) is 27.7 Å². The van der Waals surface area contributed by atoms with Crippen molar-refractivity contribution in [1.29, 1.82) is 0 Å². The van der Waals surface area contributed by atoms with E-state index in [2.05, 4.69) is 9.63 Å². The van der Waals surface area contributed by atoms with Crippen LogP contribution in [0.15, 0.2) is 0 Å². The van der Waals surface area contributed by atoms with Crippen LogP contribution in [-0.2, 0) is 51.6 Å². The van der Waals surface area contributed by atoms with Crippen molar-refractivity contribution in [2.45, 2.75) is 46.7 Å². The van der Waals surface area contributed by atoms with E-state index in [1.807, 2.05) is 0 Å². The molecule has 0 rings (SSSR count). The number of ether oxygens (including phenoxy) is 2. The van der Waals surface area contributed by atoms with Gasteiger partial charge in [0.05, 0.1) is 23.7 Å². The first kappa shape index (κ1) is 31.4. The van der Waals surface area contributed by atoms with Gasteiger partial charge in [0.1, 0.15) is 17.5 Å². The second-order valence-corrected chi connectivity index (χ2v) is 11.8. The molecule has 0 aromatic rings. The van der Waals surface area contributed by atoms with Crippen LogP contribution in [0.25, 0.3) is 0 Å². The largest absolute Gasteiger partial charge is 0.742 e. The molecule has 0 radical (unpaired) electrons. The monoisotopic (exact) mass is 535 g/mol. The van der Waals surface area contributed by atoms with Crippen molar-refractivity contribution >= 4 is 44.2 Å². The Labute approximate surface area is 194 Å². The average molecular weight is 535 g/mol. The van der Waals surface area contributed by atoms with Gasteiger partial charge in [-0.2, -0.15) is 8.42 Å². The van der Waals surface area contributed by atoms with Crippen LogP contribution in [0, 0.1) is 11.3 Å². The number of carbonyl (C=O) groups excluding carboxylic acids is 3. The molecular weight excluding hydrogens is 504 g/mol. The van der Waals surface area contributed by atoms with Crippen LogP contribution in [0.2, 0.25) is 0 Å². The minimum atomic E-state index is -4.06. The van der Waals surface area contributed by atoms with E-state index < -0.39 is 67.7 Å². The van der Waals surface area contributed by atoms with Crippen molar-refractivity contribution in [2.75, 3.05) is 32.1 Å². The van der Waals surface area contributed by atoms with Crippen molar-refractivity contribution in [1.82, 2.24) is 5.32 Å². The first-order chi connectivity index (χ1) is 15.1. The van der Waals surface area contributed by atoms with Crippen LogP contribution in [0.3, 0.4) is 0 Å². The number of esters is 2. The molecule has 3 atom stereocenters. The minimum Gasteiger partial charge on any atom is -0.462 e. The Hall–Kier alpha value is -1.56. The lowest BCUT2D eigenvalue weighted by molar-refractivity contribution is -0.155. The molecule has 190 valence electrons. The molecule has 0 bridgehead atoms. The summed E-state index contributed by atoms with van der Waals surface area (Å²) < 4.78 is 66.7. The Balaban J connectivity index is 5.16. The average Bonchev–Trinajstić information content (AvgIpc) is 2.66. The van der Waals surface area contributed by atoms with Crippen LogP contribution in [0.1, 0.15) is 41.0 Å². The van der Waals surface area contributed by atoms with Crippen LogP contribution in [-0.4, -0.2) is 68.9 Å². The molecule has 0 aromatic carbocycles. The molecule has 0 aromatic heterocycles. The molecule has 0 aliphatic carbocycles. The zero-order valence-corrected chi connectivity index (χ0v) is 21.7. The maximum absolute atomic E-state index is 12.5. The van der Waals surface area contributed by atoms with Crippen molar-refractivity contribution in [3.05, 3.63) is 0 Å². The van der Waals surface area contributed by atoms with Crippen LogP contribution in [0.4, 0.5) is 0 Å². The van der Waals surface area contributed by atoms with Gasteiger partial charge in [-0.15, -0.1) is 4.89 Å². The summed E-state index contributed by atoms with van der Waals surface area (Å²) in [7, 11) is -10.5. The molecule has 2 N–H and O–H groups in total. The van der Waals surface area contributed by atoms with Gasteiger partial charge in [-0.3, -0.25) is 13.8 Å². The lowest BCUT2D eigenvalue weighted by Gasteiger charge is -2.24. The Kier molecular flexibility index (Phi) is 14.0. The van der Waals surface area contributed by atoms with E-state index in [-0.39, 0.29) is 32.1 Å². The third-order valence-corrected chi connectivity index (χ3v) is 7.72. The molecule has 0 saturated heterocycles. The molecule has 1 amide bonds. The smallest absolute Gasteiger partial charge is 0.462 e. The summed E-state index contributed by atoms with van der Waals surface area (Å²) in [6, 6.07) is 0. The van der Waals surface area contributed by atoms with Crippen molar-refractivity contribution in [3.8, 4) is 0 Å². The fraction of sp³-hybridized carbons (Fsp3) is 0.824. The van der Waals surface area contributed by atoms with Gasteiger partial charge >= 0.3 is 28.2 Å². The normalized spacial score (nSPS) is 13.8. The quantitative estimate of drug-likeness (QED) is 0.125. The predicted octanol–water partition coefficient (Wildman–Crippen LogP) is 1.40.